The molecule has 2 aromatic carbocycles. The highest BCUT2D eigenvalue weighted by Gasteiger charge is 2.27. The Balaban J connectivity index is 1.67. The van der Waals surface area contributed by atoms with Crippen molar-refractivity contribution in [3.63, 3.8) is 0 Å². The van der Waals surface area contributed by atoms with Gasteiger partial charge in [-0.2, -0.15) is 4.31 Å². The monoisotopic (exact) mass is 401 g/mol. The van der Waals surface area contributed by atoms with Crippen molar-refractivity contribution in [2.75, 3.05) is 25.0 Å². The Morgan fingerprint density at radius 2 is 1.43 bits per heavy atom. The first-order valence-corrected chi connectivity index (χ1v) is 10.7. The maximum absolute atomic E-state index is 12.5. The summed E-state index contributed by atoms with van der Waals surface area (Å²) in [5.74, 6) is -0.522. The molecule has 0 aromatic heterocycles. The summed E-state index contributed by atoms with van der Waals surface area (Å²) in [6.07, 6.45) is 1.75. The lowest BCUT2D eigenvalue weighted by Crippen LogP contribution is -2.27. The van der Waals surface area contributed by atoms with Crippen LogP contribution in [0.2, 0.25) is 0 Å². The molecular weight excluding hydrogens is 378 g/mol. The molecule has 7 nitrogen and oxygen atoms in total. The molecule has 0 unspecified atom stereocenters. The van der Waals surface area contributed by atoms with E-state index >= 15 is 0 Å². The molecule has 2 N–H and O–H groups in total. The summed E-state index contributed by atoms with van der Waals surface area (Å²) in [5.41, 5.74) is 1.41. The summed E-state index contributed by atoms with van der Waals surface area (Å²) in [4.78, 5) is 24.4. The van der Waals surface area contributed by atoms with Crippen molar-refractivity contribution in [2.24, 2.45) is 0 Å². The zero-order valence-corrected chi connectivity index (χ0v) is 16.5. The molecule has 0 spiro atoms. The lowest BCUT2D eigenvalue weighted by atomic mass is 10.1. The fraction of sp³-hybridized carbons (Fsp3) is 0.300. The molecule has 148 valence electrons. The third kappa shape index (κ3) is 4.40. The van der Waals surface area contributed by atoms with Gasteiger partial charge in [-0.25, -0.2) is 8.42 Å². The van der Waals surface area contributed by atoms with Gasteiger partial charge in [0.1, 0.15) is 0 Å². The summed E-state index contributed by atoms with van der Waals surface area (Å²) in [5, 5.41) is 5.45. The van der Waals surface area contributed by atoms with Gasteiger partial charge in [0.25, 0.3) is 11.8 Å². The molecule has 3 rings (SSSR count). The Labute approximate surface area is 164 Å². The van der Waals surface area contributed by atoms with Crippen LogP contribution in [0.3, 0.4) is 0 Å². The maximum atomic E-state index is 12.5. The van der Waals surface area contributed by atoms with Crippen LogP contribution in [-0.2, 0) is 10.0 Å². The normalized spacial score (nSPS) is 14.6. The largest absolute Gasteiger partial charge is 0.352 e. The van der Waals surface area contributed by atoms with E-state index in [-0.39, 0.29) is 16.7 Å². The molecule has 0 radical (unpaired) electrons. The van der Waals surface area contributed by atoms with Gasteiger partial charge in [-0.3, -0.25) is 9.59 Å². The number of nitrogens with one attached hydrogen (secondary N) is 2. The Hall–Kier alpha value is -2.71. The van der Waals surface area contributed by atoms with E-state index in [4.69, 9.17) is 0 Å². The maximum Gasteiger partial charge on any atom is 0.255 e. The predicted octanol–water partition coefficient (Wildman–Crippen LogP) is 2.47. The number of sulfonamides is 1. The van der Waals surface area contributed by atoms with Crippen LogP contribution >= 0.6 is 0 Å². The SMILES string of the molecule is CCNC(=O)c1ccc(NC(=O)c2ccc(S(=O)(=O)N3CCCC3)cc2)cc1. The number of rotatable bonds is 6. The topological polar surface area (TPSA) is 95.6 Å². The van der Waals surface area contributed by atoms with Crippen LogP contribution in [0.4, 0.5) is 5.69 Å². The number of amides is 2. The van der Waals surface area contributed by atoms with Gasteiger partial charge in [0.2, 0.25) is 10.0 Å². The van der Waals surface area contributed by atoms with Gasteiger partial charge in [-0.05, 0) is 68.3 Å². The van der Waals surface area contributed by atoms with Crippen molar-refractivity contribution in [3.05, 3.63) is 59.7 Å². The van der Waals surface area contributed by atoms with Crippen LogP contribution in [0, 0.1) is 0 Å². The van der Waals surface area contributed by atoms with Crippen molar-refractivity contribution in [3.8, 4) is 0 Å². The molecule has 2 amide bonds. The third-order valence-corrected chi connectivity index (χ3v) is 6.47. The molecule has 0 atom stereocenters. The van der Waals surface area contributed by atoms with Crippen LogP contribution in [-0.4, -0.2) is 44.2 Å². The second kappa shape index (κ2) is 8.53. The van der Waals surface area contributed by atoms with Crippen LogP contribution in [0.5, 0.6) is 0 Å². The Morgan fingerprint density at radius 3 is 2.00 bits per heavy atom. The number of hydrogen-bond acceptors (Lipinski definition) is 4. The standard InChI is InChI=1S/C20H23N3O4S/c1-2-21-19(24)15-5-9-17(10-6-15)22-20(25)16-7-11-18(12-8-16)28(26,27)23-13-3-4-14-23/h5-12H,2-4,13-14H2,1H3,(H,21,24)(H,22,25). The van der Waals surface area contributed by atoms with Gasteiger partial charge >= 0.3 is 0 Å². The van der Waals surface area contributed by atoms with E-state index in [2.05, 4.69) is 10.6 Å². The number of carbonyl (C=O) groups is 2. The highest BCUT2D eigenvalue weighted by molar-refractivity contribution is 7.89. The van der Waals surface area contributed by atoms with Crippen LogP contribution in [0.15, 0.2) is 53.4 Å². The van der Waals surface area contributed by atoms with E-state index in [1.165, 1.54) is 28.6 Å². The number of hydrogen-bond donors (Lipinski definition) is 2. The molecule has 1 aliphatic rings. The minimum absolute atomic E-state index is 0.171. The second-order valence-electron chi connectivity index (χ2n) is 6.53. The van der Waals surface area contributed by atoms with Gasteiger partial charge in [-0.1, -0.05) is 0 Å². The summed E-state index contributed by atoms with van der Waals surface area (Å²) >= 11 is 0. The van der Waals surface area contributed by atoms with E-state index in [9.17, 15) is 18.0 Å². The summed E-state index contributed by atoms with van der Waals surface area (Å²) in [6, 6.07) is 12.5. The van der Waals surface area contributed by atoms with Crippen LogP contribution in [0.25, 0.3) is 0 Å². The summed E-state index contributed by atoms with van der Waals surface area (Å²) in [7, 11) is -3.49. The Bertz CT molecular complexity index is 948. The van der Waals surface area contributed by atoms with Gasteiger partial charge < -0.3 is 10.6 Å². The molecule has 1 heterocycles. The molecule has 0 aliphatic carbocycles. The third-order valence-electron chi connectivity index (χ3n) is 4.56. The van der Waals surface area contributed by atoms with Gasteiger partial charge in [0, 0.05) is 36.4 Å². The smallest absolute Gasteiger partial charge is 0.255 e. The molecule has 1 fully saturated rings. The molecule has 1 aliphatic heterocycles. The lowest BCUT2D eigenvalue weighted by Gasteiger charge is -2.15. The number of benzene rings is 2. The van der Waals surface area contributed by atoms with E-state index < -0.39 is 10.0 Å². The van der Waals surface area contributed by atoms with Crippen LogP contribution < -0.4 is 10.6 Å². The first-order valence-electron chi connectivity index (χ1n) is 9.21. The minimum atomic E-state index is -3.49. The molecule has 28 heavy (non-hydrogen) atoms. The van der Waals surface area contributed by atoms with E-state index in [1.54, 1.807) is 24.3 Å². The molecule has 0 bridgehead atoms. The zero-order chi connectivity index (χ0) is 20.1. The first-order chi connectivity index (χ1) is 13.4. The highest BCUT2D eigenvalue weighted by atomic mass is 32.2. The van der Waals surface area contributed by atoms with E-state index in [0.29, 0.717) is 36.4 Å². The van der Waals surface area contributed by atoms with E-state index in [0.717, 1.165) is 12.8 Å². The van der Waals surface area contributed by atoms with E-state index in [1.807, 2.05) is 6.92 Å². The first kappa shape index (κ1) is 20.0. The Kier molecular flexibility index (Phi) is 6.11. The molecule has 2 aromatic rings. The molecular formula is C20H23N3O4S. The number of anilines is 1. The van der Waals surface area contributed by atoms with Crippen molar-refractivity contribution >= 4 is 27.5 Å². The summed E-state index contributed by atoms with van der Waals surface area (Å²) < 4.78 is 26.5. The van der Waals surface area contributed by atoms with Crippen molar-refractivity contribution in [1.29, 1.82) is 0 Å². The molecule has 1 saturated heterocycles. The number of nitrogens with zero attached hydrogens (tertiary/aromatic N) is 1. The van der Waals surface area contributed by atoms with Gasteiger partial charge in [-0.15, -0.1) is 0 Å². The zero-order valence-electron chi connectivity index (χ0n) is 15.6. The van der Waals surface area contributed by atoms with Crippen molar-refractivity contribution in [1.82, 2.24) is 9.62 Å². The minimum Gasteiger partial charge on any atom is -0.352 e. The van der Waals surface area contributed by atoms with Crippen molar-refractivity contribution < 1.29 is 18.0 Å². The fourth-order valence-electron chi connectivity index (χ4n) is 3.03. The second-order valence-corrected chi connectivity index (χ2v) is 8.46. The lowest BCUT2D eigenvalue weighted by molar-refractivity contribution is 0.0955. The summed E-state index contributed by atoms with van der Waals surface area (Å²) in [6.45, 7) is 3.46. The quantitative estimate of drug-likeness (QED) is 0.777. The van der Waals surface area contributed by atoms with Crippen molar-refractivity contribution in [2.45, 2.75) is 24.7 Å². The van der Waals surface area contributed by atoms with Crippen LogP contribution in [0.1, 0.15) is 40.5 Å². The predicted molar refractivity (Wildman–Crippen MR) is 107 cm³/mol. The molecule has 8 heteroatoms. The van der Waals surface area contributed by atoms with Gasteiger partial charge in [0.15, 0.2) is 0 Å². The number of carbonyl (C=O) groups excluding carboxylic acids is 2. The molecule has 0 saturated carbocycles. The van der Waals surface area contributed by atoms with Gasteiger partial charge in [0.05, 0.1) is 4.90 Å². The average molecular weight is 401 g/mol. The average Bonchev–Trinajstić information content (AvgIpc) is 3.24. The fourth-order valence-corrected chi connectivity index (χ4v) is 4.54. The Morgan fingerprint density at radius 1 is 0.893 bits per heavy atom. The highest BCUT2D eigenvalue weighted by Crippen LogP contribution is 2.21.